The van der Waals surface area contributed by atoms with Crippen LogP contribution < -0.4 is 0 Å². The first-order valence-corrected chi connectivity index (χ1v) is 29.1. The van der Waals surface area contributed by atoms with Crippen LogP contribution in [0.4, 0.5) is 35.9 Å². The predicted octanol–water partition coefficient (Wildman–Crippen LogP) is 9.26. The number of hydrogen-bond acceptors (Lipinski definition) is 10. The summed E-state index contributed by atoms with van der Waals surface area (Å²) in [5.41, 5.74) is 6.97. The number of carbonyl (C=O) groups is 6. The van der Waals surface area contributed by atoms with Crippen LogP contribution in [0.1, 0.15) is 64.9 Å². The van der Waals surface area contributed by atoms with Gasteiger partial charge in [0.25, 0.3) is 11.8 Å². The van der Waals surface area contributed by atoms with Crippen LogP contribution in [0.25, 0.3) is 55.4 Å². The van der Waals surface area contributed by atoms with Gasteiger partial charge in [-0.15, -0.1) is 0 Å². The van der Waals surface area contributed by atoms with Gasteiger partial charge in [0.1, 0.15) is 35.1 Å². The van der Waals surface area contributed by atoms with Gasteiger partial charge in [-0.3, -0.25) is 28.0 Å². The number of urea groups is 2. The fourth-order valence-electron chi connectivity index (χ4n) is 13.3. The predicted molar refractivity (Wildman–Crippen MR) is 312 cm³/mol. The normalized spacial score (nSPS) is 20.2. The lowest BCUT2D eigenvalue weighted by molar-refractivity contribution is -0.171. The lowest BCUT2D eigenvalue weighted by Crippen LogP contribution is -2.56. The number of imidazole rings is 2. The van der Waals surface area contributed by atoms with E-state index in [9.17, 15) is 51.4 Å². The summed E-state index contributed by atoms with van der Waals surface area (Å²) in [4.78, 5) is 94.5. The van der Waals surface area contributed by atoms with Gasteiger partial charge < -0.3 is 38.6 Å². The molecule has 18 nitrogen and oxygen atoms in total. The summed E-state index contributed by atoms with van der Waals surface area (Å²) in [5.74, 6) is -8.89. The van der Waals surface area contributed by atoms with Crippen LogP contribution in [0, 0.1) is 11.6 Å². The molecule has 10 heterocycles. The second-order valence-electron chi connectivity index (χ2n) is 23.2. The Morgan fingerprint density at radius 1 is 0.551 bits per heavy atom. The zero-order valence-corrected chi connectivity index (χ0v) is 47.4. The van der Waals surface area contributed by atoms with E-state index in [0.717, 1.165) is 5.56 Å². The number of hydrogen-bond donors (Lipinski definition) is 1. The van der Waals surface area contributed by atoms with Crippen molar-refractivity contribution in [1.29, 1.82) is 0 Å². The molecule has 15 rings (SSSR count). The first kappa shape index (κ1) is 57.1. The number of carbonyl (C=O) groups excluding carboxylic acids is 6. The molecule has 2 saturated heterocycles. The second kappa shape index (κ2) is 21.9. The molecule has 4 aliphatic heterocycles. The third-order valence-electron chi connectivity index (χ3n) is 17.7. The highest BCUT2D eigenvalue weighted by atomic mass is 19.3. The molecule has 6 aliphatic rings. The monoisotopic (exact) mass is 1220 g/mol. The zero-order valence-electron chi connectivity index (χ0n) is 47.4. The van der Waals surface area contributed by atoms with Crippen LogP contribution in [-0.4, -0.2) is 151 Å². The van der Waals surface area contributed by atoms with Crippen LogP contribution in [-0.2, 0) is 56.7 Å². The van der Waals surface area contributed by atoms with Crippen LogP contribution in [0.3, 0.4) is 0 Å². The fourth-order valence-corrected chi connectivity index (χ4v) is 13.3. The highest BCUT2D eigenvalue weighted by Crippen LogP contribution is 2.44. The molecule has 0 radical (unpaired) electrons. The number of pyridine rings is 2. The number of aliphatic hydroxyl groups excluding tert-OH is 1. The standard InChI is InChI=1S/C36H30F3N5O4.C29H24F3N5O4/c37-24-14-23-18-43(35(47)42-11-9-36(38,39)30(20-42)48-21-22-6-2-1-3-7-22)13-12-41-19-26(25(15-24)34(23)41)32-28(45)16-29(46)33(32)27-17-40-31-8-4-5-10-44(27)31;30-17-9-16-13-36(28(41)35-6-4-29(31,32)23(40)15-35)8-7-34-14-19(18(10-17)27(16)34)25-21(38)11-22(39)26(25)20-12-33-24-3-1-2-5-37(20)24/h1-8,10,14-15,17,19,30H,9,11-13,16,18,20-21H2;1-3,5,9-10,12,14,23,40H,4,6-8,11,13,15H2. The third-order valence-corrected chi connectivity index (χ3v) is 17.7. The average molecular weight is 1220 g/mol. The molecule has 0 bridgehead atoms. The Morgan fingerprint density at radius 3 is 1.51 bits per heavy atom. The molecule has 2 fully saturated rings. The van der Waals surface area contributed by atoms with Crippen molar-refractivity contribution >= 4 is 90.6 Å². The Balaban J connectivity index is 0.000000158. The minimum Gasteiger partial charge on any atom is -0.385 e. The van der Waals surface area contributed by atoms with Crippen molar-refractivity contribution in [2.24, 2.45) is 0 Å². The number of aromatic nitrogens is 6. The number of amides is 4. The molecule has 6 aromatic heterocycles. The molecule has 1 N–H and O–H groups in total. The summed E-state index contributed by atoms with van der Waals surface area (Å²) < 4.78 is 101. The van der Waals surface area contributed by atoms with Gasteiger partial charge in [0, 0.05) is 123 Å². The van der Waals surface area contributed by atoms with Crippen molar-refractivity contribution < 1.29 is 65.0 Å². The van der Waals surface area contributed by atoms with Gasteiger partial charge in [-0.05, 0) is 65.2 Å². The topological polar surface area (TPSA) is 189 Å². The van der Waals surface area contributed by atoms with Gasteiger partial charge in [-0.2, -0.15) is 0 Å². The summed E-state index contributed by atoms with van der Waals surface area (Å²) in [6, 6.07) is 24.2. The van der Waals surface area contributed by atoms with E-state index < -0.39 is 67.1 Å². The Kier molecular flexibility index (Phi) is 14.0. The number of alkyl halides is 4. The van der Waals surface area contributed by atoms with Crippen molar-refractivity contribution in [1.82, 2.24) is 47.5 Å². The van der Waals surface area contributed by atoms with E-state index in [4.69, 9.17) is 4.74 Å². The van der Waals surface area contributed by atoms with Crippen LogP contribution in [0.5, 0.6) is 0 Å². The molecule has 0 saturated carbocycles. The van der Waals surface area contributed by atoms with Crippen LogP contribution in [0.2, 0.25) is 0 Å². The number of ether oxygens (including phenoxy) is 1. The number of aliphatic hydroxyl groups is 1. The lowest BCUT2D eigenvalue weighted by atomic mass is 9.98. The summed E-state index contributed by atoms with van der Waals surface area (Å²) in [5, 5.41) is 10.7. The van der Waals surface area contributed by atoms with Crippen molar-refractivity contribution in [3.63, 3.8) is 0 Å². The van der Waals surface area contributed by atoms with Crippen LogP contribution >= 0.6 is 0 Å². The lowest BCUT2D eigenvalue weighted by Gasteiger charge is -2.40. The summed E-state index contributed by atoms with van der Waals surface area (Å²) >= 11 is 0. The average Bonchev–Trinajstić information content (AvgIpc) is 1.67. The molecule has 9 aromatic rings. The minimum absolute atomic E-state index is 0.00456. The SMILES string of the molecule is O=C1CC(=O)C(c2cnc3ccccn23)=C1c1cn2c3c(cc(F)cc13)CN(C(=O)N1CCC(F)(F)C(O)C1)CC2.O=C1CC(=O)C(c2cnc3ccccn23)=C1c1cn2c3c(cc(F)cc13)CN(C(=O)N1CCC(F)(F)C(OCc3ccccc3)C1)CC2. The smallest absolute Gasteiger partial charge is 0.320 e. The second-order valence-corrected chi connectivity index (χ2v) is 23.2. The quantitative estimate of drug-likeness (QED) is 0.119. The van der Waals surface area contributed by atoms with E-state index in [1.165, 1.54) is 43.9 Å². The number of benzene rings is 3. The molecule has 0 spiro atoms. The Labute approximate surface area is 502 Å². The number of rotatable bonds is 7. The number of allylic oxidation sites excluding steroid dienone is 4. The van der Waals surface area contributed by atoms with Crippen molar-refractivity contribution in [2.75, 3.05) is 39.3 Å². The molecule has 3 aromatic carbocycles. The first-order chi connectivity index (χ1) is 42.8. The highest BCUT2D eigenvalue weighted by molar-refractivity contribution is 6.52. The van der Waals surface area contributed by atoms with Gasteiger partial charge in [0.2, 0.25) is 0 Å². The third kappa shape index (κ3) is 10.0. The maximum atomic E-state index is 15.3. The van der Waals surface area contributed by atoms with Gasteiger partial charge in [0.15, 0.2) is 23.1 Å². The largest absolute Gasteiger partial charge is 0.385 e. The van der Waals surface area contributed by atoms with E-state index in [1.807, 2.05) is 27.3 Å². The molecule has 2 unspecified atom stereocenters. The van der Waals surface area contributed by atoms with Crippen molar-refractivity contribution in [3.05, 3.63) is 179 Å². The van der Waals surface area contributed by atoms with Gasteiger partial charge in [0.05, 0.1) is 78.5 Å². The zero-order chi connectivity index (χ0) is 61.8. The molecule has 2 atom stereocenters. The maximum Gasteiger partial charge on any atom is 0.320 e. The molecular formula is C65H54F6N10O8. The van der Waals surface area contributed by atoms with Gasteiger partial charge in [-0.25, -0.2) is 45.9 Å². The molecule has 89 heavy (non-hydrogen) atoms. The van der Waals surface area contributed by atoms with Gasteiger partial charge >= 0.3 is 12.1 Å². The molecular weight excluding hydrogens is 1160 g/mol. The molecule has 4 amide bonds. The van der Waals surface area contributed by atoms with Crippen LogP contribution in [0.15, 0.2) is 128 Å². The van der Waals surface area contributed by atoms with Crippen molar-refractivity contribution in [2.45, 2.75) is 82.5 Å². The number of likely N-dealkylation sites (tertiary alicyclic amines) is 2. The Hall–Kier alpha value is -9.68. The minimum atomic E-state index is -3.26. The Bertz CT molecular complexity index is 4550. The first-order valence-electron chi connectivity index (χ1n) is 29.1. The maximum absolute atomic E-state index is 15.3. The number of halogens is 6. The van der Waals surface area contributed by atoms with E-state index in [-0.39, 0.29) is 117 Å². The number of ketones is 4. The summed E-state index contributed by atoms with van der Waals surface area (Å²) in [6.07, 6.45) is 4.89. The fraction of sp³-hybridized carbons (Fsp3) is 0.292. The number of nitrogens with zero attached hydrogens (tertiary/aromatic N) is 10. The molecule has 2 aliphatic carbocycles. The number of Topliss-reactive ketones (excluding diaryl/α,β-unsaturated/α-hetero) is 4. The van der Waals surface area contributed by atoms with E-state index in [2.05, 4.69) is 9.97 Å². The molecule has 24 heteroatoms. The Morgan fingerprint density at radius 2 is 1.01 bits per heavy atom. The highest BCUT2D eigenvalue weighted by Gasteiger charge is 2.48. The number of fused-ring (bicyclic) bond motifs is 2. The summed E-state index contributed by atoms with van der Waals surface area (Å²) in [6.45, 7) is -0.0862. The summed E-state index contributed by atoms with van der Waals surface area (Å²) in [7, 11) is 0. The van der Waals surface area contributed by atoms with Crippen molar-refractivity contribution in [3.8, 4) is 0 Å². The van der Waals surface area contributed by atoms with Gasteiger partial charge in [-0.1, -0.05) is 42.5 Å². The van der Waals surface area contributed by atoms with E-state index >= 15 is 8.78 Å². The molecule has 454 valence electrons. The van der Waals surface area contributed by atoms with E-state index in [1.54, 1.807) is 94.5 Å². The van der Waals surface area contributed by atoms with E-state index in [0.29, 0.717) is 73.3 Å². The number of β-amino-alcohol motifs (C(OH)–C–C–N with tert-alkyl or cyclic N) is 1. The number of piperidine rings is 2.